The van der Waals surface area contributed by atoms with Gasteiger partial charge in [-0.05, 0) is 49.4 Å². The number of hydrogen-bond acceptors (Lipinski definition) is 3. The smallest absolute Gasteiger partial charge is 0.319 e. The maximum absolute atomic E-state index is 12.4. The molecule has 2 rings (SSSR count). The normalized spacial score (nSPS) is 19.1. The molecule has 6 nitrogen and oxygen atoms in total. The summed E-state index contributed by atoms with van der Waals surface area (Å²) in [7, 11) is 0. The zero-order chi connectivity index (χ0) is 19.3. The van der Waals surface area contributed by atoms with Gasteiger partial charge in [0.15, 0.2) is 0 Å². The SMILES string of the molecule is CCc1ccc(Cl)c(CC)c1NC(=O)NC1CC(N(CC)CC(=O)O)C1. The van der Waals surface area contributed by atoms with E-state index in [2.05, 4.69) is 10.6 Å². The summed E-state index contributed by atoms with van der Waals surface area (Å²) in [5, 5.41) is 15.6. The predicted molar refractivity (Wildman–Crippen MR) is 104 cm³/mol. The number of hydrogen-bond donors (Lipinski definition) is 3. The summed E-state index contributed by atoms with van der Waals surface area (Å²) in [6.45, 7) is 6.75. The fraction of sp³-hybridized carbons (Fsp3) is 0.579. The Labute approximate surface area is 159 Å². The average molecular weight is 382 g/mol. The third-order valence-corrected chi connectivity index (χ3v) is 5.38. The fourth-order valence-electron chi connectivity index (χ4n) is 3.48. The number of aliphatic carboxylic acids is 1. The number of carboxylic acids is 1. The molecule has 1 saturated carbocycles. The van der Waals surface area contributed by atoms with E-state index in [0.29, 0.717) is 11.6 Å². The first-order valence-corrected chi connectivity index (χ1v) is 9.60. The first kappa shape index (κ1) is 20.5. The van der Waals surface area contributed by atoms with E-state index in [4.69, 9.17) is 16.7 Å². The number of urea groups is 1. The van der Waals surface area contributed by atoms with Gasteiger partial charge in [0.1, 0.15) is 0 Å². The van der Waals surface area contributed by atoms with Crippen LogP contribution in [0.1, 0.15) is 44.7 Å². The topological polar surface area (TPSA) is 81.7 Å². The van der Waals surface area contributed by atoms with Crippen molar-refractivity contribution in [3.63, 3.8) is 0 Å². The highest BCUT2D eigenvalue weighted by molar-refractivity contribution is 6.31. The lowest BCUT2D eigenvalue weighted by Crippen LogP contribution is -2.55. The number of likely N-dealkylation sites (N-methyl/N-ethyl adjacent to an activating group) is 1. The van der Waals surface area contributed by atoms with Gasteiger partial charge in [-0.3, -0.25) is 9.69 Å². The van der Waals surface area contributed by atoms with Crippen molar-refractivity contribution in [2.24, 2.45) is 0 Å². The second-order valence-corrected chi connectivity index (χ2v) is 7.05. The van der Waals surface area contributed by atoms with E-state index in [9.17, 15) is 9.59 Å². The number of aryl methyl sites for hydroxylation is 1. The minimum Gasteiger partial charge on any atom is -0.480 e. The van der Waals surface area contributed by atoms with Crippen LogP contribution < -0.4 is 10.6 Å². The third kappa shape index (κ3) is 4.89. The summed E-state index contributed by atoms with van der Waals surface area (Å²) in [6, 6.07) is 3.87. The van der Waals surface area contributed by atoms with Crippen LogP contribution in [-0.4, -0.2) is 47.2 Å². The van der Waals surface area contributed by atoms with Crippen LogP contribution in [0.2, 0.25) is 5.02 Å². The molecule has 1 aliphatic carbocycles. The van der Waals surface area contributed by atoms with Gasteiger partial charge in [0.05, 0.1) is 12.2 Å². The number of carbonyl (C=O) groups excluding carboxylic acids is 1. The van der Waals surface area contributed by atoms with Gasteiger partial charge in [-0.2, -0.15) is 0 Å². The summed E-state index contributed by atoms with van der Waals surface area (Å²) in [5.41, 5.74) is 2.81. The number of nitrogens with one attached hydrogen (secondary N) is 2. The van der Waals surface area contributed by atoms with Gasteiger partial charge < -0.3 is 15.7 Å². The average Bonchev–Trinajstić information content (AvgIpc) is 2.56. The Balaban J connectivity index is 1.93. The van der Waals surface area contributed by atoms with Crippen LogP contribution in [0.5, 0.6) is 0 Å². The molecule has 0 radical (unpaired) electrons. The zero-order valence-corrected chi connectivity index (χ0v) is 16.4. The van der Waals surface area contributed by atoms with Crippen molar-refractivity contribution in [1.29, 1.82) is 0 Å². The van der Waals surface area contributed by atoms with Gasteiger partial charge in [0.2, 0.25) is 0 Å². The van der Waals surface area contributed by atoms with Crippen LogP contribution in [0.3, 0.4) is 0 Å². The third-order valence-electron chi connectivity index (χ3n) is 5.02. The van der Waals surface area contributed by atoms with Gasteiger partial charge in [-0.1, -0.05) is 38.4 Å². The van der Waals surface area contributed by atoms with E-state index >= 15 is 0 Å². The van der Waals surface area contributed by atoms with Crippen molar-refractivity contribution in [2.45, 2.75) is 58.5 Å². The molecule has 0 aromatic heterocycles. The standard InChI is InChI=1S/C19H28ClN3O3/c1-4-12-7-8-16(20)15(5-2)18(12)22-19(26)21-13-9-14(10-13)23(6-3)11-17(24)25/h7-8,13-14H,4-6,9-11H2,1-3H3,(H,24,25)(H2,21,22,26). The van der Waals surface area contributed by atoms with Gasteiger partial charge in [-0.15, -0.1) is 0 Å². The number of benzene rings is 1. The number of amides is 2. The molecule has 0 aliphatic heterocycles. The molecule has 7 heteroatoms. The summed E-state index contributed by atoms with van der Waals surface area (Å²) in [5.74, 6) is -0.818. The monoisotopic (exact) mass is 381 g/mol. The molecule has 144 valence electrons. The Hall–Kier alpha value is -1.79. The minimum absolute atomic E-state index is 0.0440. The Kier molecular flexibility index (Phi) is 7.29. The Bertz CT molecular complexity index is 660. The zero-order valence-electron chi connectivity index (χ0n) is 15.6. The lowest BCUT2D eigenvalue weighted by molar-refractivity contribution is -0.139. The highest BCUT2D eigenvalue weighted by atomic mass is 35.5. The molecule has 0 heterocycles. The largest absolute Gasteiger partial charge is 0.480 e. The lowest BCUT2D eigenvalue weighted by atomic mass is 9.85. The number of carboxylic acid groups (broad SMARTS) is 1. The quantitative estimate of drug-likeness (QED) is 0.643. The highest BCUT2D eigenvalue weighted by Crippen LogP contribution is 2.30. The van der Waals surface area contributed by atoms with Gasteiger partial charge in [0, 0.05) is 17.1 Å². The Morgan fingerprint density at radius 3 is 2.46 bits per heavy atom. The molecule has 1 aliphatic rings. The number of nitrogens with zero attached hydrogens (tertiary/aromatic N) is 1. The van der Waals surface area contributed by atoms with E-state index in [1.165, 1.54) is 0 Å². The maximum Gasteiger partial charge on any atom is 0.319 e. The summed E-state index contributed by atoms with van der Waals surface area (Å²) in [4.78, 5) is 25.2. The van der Waals surface area contributed by atoms with Gasteiger partial charge in [0.25, 0.3) is 0 Å². The molecule has 1 aromatic carbocycles. The Morgan fingerprint density at radius 2 is 1.92 bits per heavy atom. The number of rotatable bonds is 8. The van der Waals surface area contributed by atoms with E-state index in [1.807, 2.05) is 37.8 Å². The minimum atomic E-state index is -0.818. The number of halogens is 1. The summed E-state index contributed by atoms with van der Waals surface area (Å²) >= 11 is 6.27. The molecular weight excluding hydrogens is 354 g/mol. The van der Waals surface area contributed by atoms with E-state index in [0.717, 1.165) is 42.5 Å². The molecule has 0 atom stereocenters. The molecule has 0 saturated heterocycles. The molecule has 0 bridgehead atoms. The molecule has 0 unspecified atom stereocenters. The van der Waals surface area contributed by atoms with Gasteiger partial charge in [-0.25, -0.2) is 4.79 Å². The molecular formula is C19H28ClN3O3. The van der Waals surface area contributed by atoms with Crippen molar-refractivity contribution in [3.8, 4) is 0 Å². The second kappa shape index (κ2) is 9.24. The van der Waals surface area contributed by atoms with Crippen molar-refractivity contribution in [3.05, 3.63) is 28.3 Å². The van der Waals surface area contributed by atoms with Crippen LogP contribution in [0, 0.1) is 0 Å². The van der Waals surface area contributed by atoms with E-state index in [-0.39, 0.29) is 24.7 Å². The van der Waals surface area contributed by atoms with Crippen LogP contribution in [0.4, 0.5) is 10.5 Å². The van der Waals surface area contributed by atoms with Crippen molar-refractivity contribution >= 4 is 29.3 Å². The molecule has 1 aromatic rings. The van der Waals surface area contributed by atoms with Crippen LogP contribution in [0.25, 0.3) is 0 Å². The first-order chi connectivity index (χ1) is 12.4. The van der Waals surface area contributed by atoms with Crippen LogP contribution in [0.15, 0.2) is 12.1 Å². The lowest BCUT2D eigenvalue weighted by Gasteiger charge is -2.42. The summed E-state index contributed by atoms with van der Waals surface area (Å²) < 4.78 is 0. The number of anilines is 1. The maximum atomic E-state index is 12.4. The Morgan fingerprint density at radius 1 is 1.23 bits per heavy atom. The van der Waals surface area contributed by atoms with Crippen molar-refractivity contribution in [1.82, 2.24) is 10.2 Å². The van der Waals surface area contributed by atoms with E-state index in [1.54, 1.807) is 0 Å². The van der Waals surface area contributed by atoms with Gasteiger partial charge >= 0.3 is 12.0 Å². The van der Waals surface area contributed by atoms with Crippen LogP contribution >= 0.6 is 11.6 Å². The summed E-state index contributed by atoms with van der Waals surface area (Å²) in [6.07, 6.45) is 3.09. The van der Waals surface area contributed by atoms with Crippen molar-refractivity contribution in [2.75, 3.05) is 18.4 Å². The number of carbonyl (C=O) groups is 2. The predicted octanol–water partition coefficient (Wildman–Crippen LogP) is 3.52. The second-order valence-electron chi connectivity index (χ2n) is 6.64. The fourth-order valence-corrected chi connectivity index (χ4v) is 3.77. The van der Waals surface area contributed by atoms with Crippen LogP contribution in [-0.2, 0) is 17.6 Å². The van der Waals surface area contributed by atoms with Crippen molar-refractivity contribution < 1.29 is 14.7 Å². The molecule has 26 heavy (non-hydrogen) atoms. The molecule has 3 N–H and O–H groups in total. The highest BCUT2D eigenvalue weighted by Gasteiger charge is 2.34. The molecule has 0 spiro atoms. The molecule has 2 amide bonds. The molecule has 1 fully saturated rings. The van der Waals surface area contributed by atoms with E-state index < -0.39 is 5.97 Å². The first-order valence-electron chi connectivity index (χ1n) is 9.23.